The number of benzene rings is 2. The van der Waals surface area contributed by atoms with E-state index < -0.39 is 17.8 Å². The molecule has 1 aliphatic rings. The molecule has 29 heavy (non-hydrogen) atoms. The second kappa shape index (κ2) is 9.47. The topological polar surface area (TPSA) is 58.8 Å². The lowest BCUT2D eigenvalue weighted by atomic mass is 9.97. The van der Waals surface area contributed by atoms with Crippen LogP contribution < -0.4 is 10.5 Å². The highest BCUT2D eigenvalue weighted by Gasteiger charge is 2.34. The lowest BCUT2D eigenvalue weighted by Crippen LogP contribution is -2.44. The molecule has 0 saturated carbocycles. The molecule has 2 aromatic carbocycles. The third kappa shape index (κ3) is 5.85. The summed E-state index contributed by atoms with van der Waals surface area (Å²) in [6.07, 6.45) is -5.51. The van der Waals surface area contributed by atoms with E-state index >= 15 is 0 Å². The quantitative estimate of drug-likeness (QED) is 0.798. The number of piperazine rings is 1. The number of carbonyl (C=O) groups excluding carboxylic acids is 1. The Morgan fingerprint density at radius 3 is 2.38 bits per heavy atom. The SMILES string of the molecule is CN1CCN(Cc2ccc(-c3ccccc3OC(N)=O)cc2C(F)(F)F)CC1.Cl. The van der Waals surface area contributed by atoms with Crippen molar-refractivity contribution in [2.75, 3.05) is 33.2 Å². The number of carbonyl (C=O) groups is 1. The molecule has 0 unspecified atom stereocenters. The molecule has 5 nitrogen and oxygen atoms in total. The van der Waals surface area contributed by atoms with Gasteiger partial charge in [-0.1, -0.05) is 30.3 Å². The van der Waals surface area contributed by atoms with Gasteiger partial charge < -0.3 is 15.4 Å². The summed E-state index contributed by atoms with van der Waals surface area (Å²) < 4.78 is 46.1. The fourth-order valence-corrected chi connectivity index (χ4v) is 3.30. The summed E-state index contributed by atoms with van der Waals surface area (Å²) in [5.41, 5.74) is 5.29. The fraction of sp³-hybridized carbons (Fsp3) is 0.350. The third-order valence-corrected chi connectivity index (χ3v) is 4.81. The second-order valence-corrected chi connectivity index (χ2v) is 6.87. The molecule has 0 bridgehead atoms. The summed E-state index contributed by atoms with van der Waals surface area (Å²) in [6.45, 7) is 3.35. The largest absolute Gasteiger partial charge is 0.416 e. The van der Waals surface area contributed by atoms with Crippen molar-refractivity contribution >= 4 is 18.5 Å². The molecule has 0 aromatic heterocycles. The number of alkyl halides is 3. The Hall–Kier alpha value is -2.29. The molecular formula is C20H23ClF3N3O2. The van der Waals surface area contributed by atoms with Crippen LogP contribution in [-0.4, -0.2) is 49.1 Å². The molecule has 1 heterocycles. The molecule has 0 spiro atoms. The molecule has 9 heteroatoms. The van der Waals surface area contributed by atoms with Gasteiger partial charge in [0, 0.05) is 38.3 Å². The Morgan fingerprint density at radius 2 is 1.76 bits per heavy atom. The molecule has 0 aliphatic carbocycles. The zero-order valence-corrected chi connectivity index (χ0v) is 16.7. The van der Waals surface area contributed by atoms with Crippen LogP contribution >= 0.6 is 12.4 Å². The van der Waals surface area contributed by atoms with Gasteiger partial charge in [-0.25, -0.2) is 4.79 Å². The monoisotopic (exact) mass is 429 g/mol. The number of hydrogen-bond acceptors (Lipinski definition) is 4. The first-order chi connectivity index (χ1) is 13.2. The number of hydrogen-bond donors (Lipinski definition) is 1. The highest BCUT2D eigenvalue weighted by Crippen LogP contribution is 2.38. The number of ether oxygens (including phenoxy) is 1. The van der Waals surface area contributed by atoms with E-state index in [1.165, 1.54) is 12.1 Å². The lowest BCUT2D eigenvalue weighted by Gasteiger charge is -2.33. The fourth-order valence-electron chi connectivity index (χ4n) is 3.30. The van der Waals surface area contributed by atoms with Crippen molar-refractivity contribution in [1.29, 1.82) is 0 Å². The molecular weight excluding hydrogens is 407 g/mol. The minimum absolute atomic E-state index is 0. The summed E-state index contributed by atoms with van der Waals surface area (Å²) in [5, 5.41) is 0. The van der Waals surface area contributed by atoms with Crippen LogP contribution in [0.3, 0.4) is 0 Å². The van der Waals surface area contributed by atoms with E-state index in [1.54, 1.807) is 24.3 Å². The Kier molecular flexibility index (Phi) is 7.51. The molecule has 1 amide bonds. The first-order valence-corrected chi connectivity index (χ1v) is 8.92. The molecule has 158 valence electrons. The van der Waals surface area contributed by atoms with Crippen LogP contribution in [0.2, 0.25) is 0 Å². The number of amides is 1. The van der Waals surface area contributed by atoms with Crippen LogP contribution in [0.1, 0.15) is 11.1 Å². The number of likely N-dealkylation sites (N-methyl/N-ethyl adjacent to an activating group) is 1. The number of halogens is 4. The lowest BCUT2D eigenvalue weighted by molar-refractivity contribution is -0.138. The predicted molar refractivity (Wildman–Crippen MR) is 107 cm³/mol. The predicted octanol–water partition coefficient (Wildman–Crippen LogP) is 4.00. The average molecular weight is 430 g/mol. The first-order valence-electron chi connectivity index (χ1n) is 8.92. The Morgan fingerprint density at radius 1 is 1.10 bits per heavy atom. The number of nitrogens with zero attached hydrogens (tertiary/aromatic N) is 2. The van der Waals surface area contributed by atoms with Gasteiger partial charge in [0.1, 0.15) is 5.75 Å². The first kappa shape index (κ1) is 23.0. The molecule has 1 aliphatic heterocycles. The van der Waals surface area contributed by atoms with Gasteiger partial charge in [0.25, 0.3) is 0 Å². The zero-order chi connectivity index (χ0) is 20.3. The average Bonchev–Trinajstić information content (AvgIpc) is 2.63. The van der Waals surface area contributed by atoms with Gasteiger partial charge in [0.15, 0.2) is 0 Å². The highest BCUT2D eigenvalue weighted by atomic mass is 35.5. The molecule has 2 N–H and O–H groups in total. The van der Waals surface area contributed by atoms with Crippen LogP contribution in [0, 0.1) is 0 Å². The maximum atomic E-state index is 13.7. The van der Waals surface area contributed by atoms with Crippen LogP contribution in [0.4, 0.5) is 18.0 Å². The van der Waals surface area contributed by atoms with E-state index in [4.69, 9.17) is 10.5 Å². The maximum absolute atomic E-state index is 13.7. The summed E-state index contributed by atoms with van der Waals surface area (Å²) in [6, 6.07) is 10.6. The summed E-state index contributed by atoms with van der Waals surface area (Å²) >= 11 is 0. The van der Waals surface area contributed by atoms with Gasteiger partial charge in [0.2, 0.25) is 0 Å². The number of primary amides is 1. The van der Waals surface area contributed by atoms with Crippen molar-refractivity contribution in [3.8, 4) is 16.9 Å². The van der Waals surface area contributed by atoms with Gasteiger partial charge in [0.05, 0.1) is 5.56 Å². The summed E-state index contributed by atoms with van der Waals surface area (Å²) in [5.74, 6) is 0.120. The Labute approximate surface area is 173 Å². The molecule has 0 radical (unpaired) electrons. The van der Waals surface area contributed by atoms with E-state index in [0.717, 1.165) is 32.2 Å². The maximum Gasteiger partial charge on any atom is 0.416 e. The third-order valence-electron chi connectivity index (χ3n) is 4.81. The highest BCUT2D eigenvalue weighted by molar-refractivity contribution is 5.85. The summed E-state index contributed by atoms with van der Waals surface area (Å²) in [4.78, 5) is 15.3. The van der Waals surface area contributed by atoms with E-state index in [1.807, 2.05) is 11.9 Å². The Bertz CT molecular complexity index is 853. The van der Waals surface area contributed by atoms with Crippen LogP contribution in [0.15, 0.2) is 42.5 Å². The van der Waals surface area contributed by atoms with E-state index in [9.17, 15) is 18.0 Å². The molecule has 2 aromatic rings. The van der Waals surface area contributed by atoms with Gasteiger partial charge in [-0.2, -0.15) is 13.2 Å². The zero-order valence-electron chi connectivity index (χ0n) is 15.9. The van der Waals surface area contributed by atoms with Gasteiger partial charge in [-0.05, 0) is 30.3 Å². The standard InChI is InChI=1S/C20H22F3N3O2.ClH/c1-25-8-10-26(11-9-25)13-15-7-6-14(12-17(15)20(21,22)23)16-4-2-3-5-18(16)28-19(24)27;/h2-7,12H,8-11,13H2,1H3,(H2,24,27);1H. The molecule has 3 rings (SSSR count). The number of nitrogens with two attached hydrogens (primary N) is 1. The molecule has 1 saturated heterocycles. The van der Waals surface area contributed by atoms with Crippen molar-refractivity contribution in [2.45, 2.75) is 12.7 Å². The van der Waals surface area contributed by atoms with E-state index in [2.05, 4.69) is 4.90 Å². The van der Waals surface area contributed by atoms with E-state index in [0.29, 0.717) is 11.1 Å². The minimum Gasteiger partial charge on any atom is -0.410 e. The van der Waals surface area contributed by atoms with Crippen LogP contribution in [-0.2, 0) is 12.7 Å². The molecule has 1 fully saturated rings. The van der Waals surface area contributed by atoms with Gasteiger partial charge >= 0.3 is 12.3 Å². The molecule has 0 atom stereocenters. The van der Waals surface area contributed by atoms with Crippen molar-refractivity contribution < 1.29 is 22.7 Å². The minimum atomic E-state index is -4.49. The van der Waals surface area contributed by atoms with Gasteiger partial charge in [-0.3, -0.25) is 4.90 Å². The van der Waals surface area contributed by atoms with Crippen molar-refractivity contribution in [3.05, 3.63) is 53.6 Å². The number of rotatable bonds is 4. The second-order valence-electron chi connectivity index (χ2n) is 6.87. The smallest absolute Gasteiger partial charge is 0.410 e. The normalized spacial score (nSPS) is 15.6. The van der Waals surface area contributed by atoms with Crippen molar-refractivity contribution in [3.63, 3.8) is 0 Å². The van der Waals surface area contributed by atoms with Crippen molar-refractivity contribution in [1.82, 2.24) is 9.80 Å². The summed E-state index contributed by atoms with van der Waals surface area (Å²) in [7, 11) is 2.00. The van der Waals surface area contributed by atoms with Crippen molar-refractivity contribution in [2.24, 2.45) is 5.73 Å². The van der Waals surface area contributed by atoms with E-state index in [-0.39, 0.29) is 30.3 Å². The number of para-hydroxylation sites is 1. The van der Waals surface area contributed by atoms with Gasteiger partial charge in [-0.15, -0.1) is 12.4 Å². The van der Waals surface area contributed by atoms with Crippen LogP contribution in [0.25, 0.3) is 11.1 Å². The Balaban J connectivity index is 0.00000300. The van der Waals surface area contributed by atoms with Crippen LogP contribution in [0.5, 0.6) is 5.75 Å².